The minimum atomic E-state index is -0.0177. The molecule has 0 aliphatic heterocycles. The number of hydrogen-bond donors (Lipinski definition) is 0. The summed E-state index contributed by atoms with van der Waals surface area (Å²) in [7, 11) is 3.11. The van der Waals surface area contributed by atoms with E-state index in [0.717, 1.165) is 5.69 Å². The highest BCUT2D eigenvalue weighted by molar-refractivity contribution is 5.98. The molecule has 2 rings (SSSR count). The van der Waals surface area contributed by atoms with Crippen molar-refractivity contribution in [2.24, 2.45) is 0 Å². The number of ketones is 1. The van der Waals surface area contributed by atoms with Crippen LogP contribution < -0.4 is 9.47 Å². The van der Waals surface area contributed by atoms with Crippen LogP contribution in [-0.4, -0.2) is 25.0 Å². The first-order chi connectivity index (χ1) is 9.22. The Labute approximate surface area is 112 Å². The summed E-state index contributed by atoms with van der Waals surface area (Å²) in [4.78, 5) is 16.3. The van der Waals surface area contributed by atoms with E-state index in [1.165, 1.54) is 0 Å². The molecular weight excluding hydrogens is 242 g/mol. The molecular formula is C15H15NO3. The number of benzene rings is 1. The minimum absolute atomic E-state index is 0.0177. The molecule has 1 heterocycles. The number of aromatic nitrogens is 1. The molecule has 19 heavy (non-hydrogen) atoms. The largest absolute Gasteiger partial charge is 0.497 e. The van der Waals surface area contributed by atoms with Crippen molar-refractivity contribution >= 4 is 5.78 Å². The Kier molecular flexibility index (Phi) is 4.13. The van der Waals surface area contributed by atoms with Gasteiger partial charge in [0.2, 0.25) is 0 Å². The lowest BCUT2D eigenvalue weighted by Gasteiger charge is -2.07. The van der Waals surface area contributed by atoms with Gasteiger partial charge < -0.3 is 9.47 Å². The first-order valence-electron chi connectivity index (χ1n) is 5.89. The Morgan fingerprint density at radius 1 is 1.11 bits per heavy atom. The Morgan fingerprint density at radius 2 is 1.79 bits per heavy atom. The van der Waals surface area contributed by atoms with Crippen LogP contribution in [0.2, 0.25) is 0 Å². The molecule has 0 atom stereocenters. The molecule has 4 nitrogen and oxygen atoms in total. The van der Waals surface area contributed by atoms with Gasteiger partial charge in [-0.25, -0.2) is 0 Å². The van der Waals surface area contributed by atoms with Gasteiger partial charge in [-0.05, 0) is 24.3 Å². The van der Waals surface area contributed by atoms with E-state index >= 15 is 0 Å². The second-order valence-corrected chi connectivity index (χ2v) is 4.02. The van der Waals surface area contributed by atoms with Gasteiger partial charge >= 0.3 is 0 Å². The van der Waals surface area contributed by atoms with Crippen molar-refractivity contribution in [2.45, 2.75) is 6.42 Å². The number of pyridine rings is 1. The second-order valence-electron chi connectivity index (χ2n) is 4.02. The highest BCUT2D eigenvalue weighted by Gasteiger charge is 2.11. The third kappa shape index (κ3) is 3.31. The summed E-state index contributed by atoms with van der Waals surface area (Å²) in [5.74, 6) is 1.18. The number of nitrogens with zero attached hydrogens (tertiary/aromatic N) is 1. The third-order valence-corrected chi connectivity index (χ3v) is 2.74. The van der Waals surface area contributed by atoms with Crippen molar-refractivity contribution in [3.05, 3.63) is 53.9 Å². The average molecular weight is 257 g/mol. The van der Waals surface area contributed by atoms with Crippen LogP contribution in [0.1, 0.15) is 16.1 Å². The van der Waals surface area contributed by atoms with Crippen molar-refractivity contribution in [3.8, 4) is 11.5 Å². The molecule has 0 aliphatic carbocycles. The summed E-state index contributed by atoms with van der Waals surface area (Å²) in [6, 6.07) is 10.7. The number of carbonyl (C=O) groups excluding carboxylic acids is 1. The van der Waals surface area contributed by atoms with Crippen LogP contribution in [0.25, 0.3) is 0 Å². The molecule has 0 fully saturated rings. The van der Waals surface area contributed by atoms with Crippen molar-refractivity contribution in [1.29, 1.82) is 0 Å². The second kappa shape index (κ2) is 6.00. The lowest BCUT2D eigenvalue weighted by atomic mass is 10.1. The first-order valence-corrected chi connectivity index (χ1v) is 5.89. The lowest BCUT2D eigenvalue weighted by Crippen LogP contribution is -2.05. The number of Topliss-reactive ketones (excluding diaryl/α,β-unsaturated/α-hetero) is 1. The first kappa shape index (κ1) is 13.1. The molecule has 0 N–H and O–H groups in total. The molecule has 0 aliphatic rings. The normalized spacial score (nSPS) is 10.0. The Bertz CT molecular complexity index is 545. The van der Waals surface area contributed by atoms with Gasteiger partial charge in [-0.3, -0.25) is 9.78 Å². The molecule has 0 saturated carbocycles. The van der Waals surface area contributed by atoms with Gasteiger partial charge in [0.05, 0.1) is 20.6 Å². The highest BCUT2D eigenvalue weighted by Crippen LogP contribution is 2.23. The smallest absolute Gasteiger partial charge is 0.169 e. The van der Waals surface area contributed by atoms with Crippen molar-refractivity contribution in [3.63, 3.8) is 0 Å². The zero-order valence-corrected chi connectivity index (χ0v) is 10.9. The summed E-state index contributed by atoms with van der Waals surface area (Å²) in [5, 5.41) is 0. The predicted octanol–water partition coefficient (Wildman–Crippen LogP) is 2.52. The van der Waals surface area contributed by atoms with Gasteiger partial charge in [-0.15, -0.1) is 0 Å². The van der Waals surface area contributed by atoms with E-state index < -0.39 is 0 Å². The molecule has 0 unspecified atom stereocenters. The molecule has 1 aromatic heterocycles. The summed E-state index contributed by atoms with van der Waals surface area (Å²) in [6.45, 7) is 0. The fourth-order valence-corrected chi connectivity index (χ4v) is 1.74. The molecule has 2 aromatic rings. The molecule has 0 radical (unpaired) electrons. The Hall–Kier alpha value is -2.36. The Balaban J connectivity index is 2.23. The van der Waals surface area contributed by atoms with Gasteiger partial charge in [-0.2, -0.15) is 0 Å². The van der Waals surface area contributed by atoms with Gasteiger partial charge in [0.1, 0.15) is 11.5 Å². The fourth-order valence-electron chi connectivity index (χ4n) is 1.74. The van der Waals surface area contributed by atoms with Gasteiger partial charge in [0.25, 0.3) is 0 Å². The summed E-state index contributed by atoms with van der Waals surface area (Å²) >= 11 is 0. The highest BCUT2D eigenvalue weighted by atomic mass is 16.5. The van der Waals surface area contributed by atoms with Crippen LogP contribution in [0.4, 0.5) is 0 Å². The van der Waals surface area contributed by atoms with Crippen LogP contribution in [0, 0.1) is 0 Å². The van der Waals surface area contributed by atoms with E-state index in [1.807, 2.05) is 18.2 Å². The van der Waals surface area contributed by atoms with Crippen LogP contribution in [0.15, 0.2) is 42.6 Å². The van der Waals surface area contributed by atoms with Crippen LogP contribution in [0.5, 0.6) is 11.5 Å². The molecule has 4 heteroatoms. The summed E-state index contributed by atoms with van der Waals surface area (Å²) < 4.78 is 10.3. The maximum absolute atomic E-state index is 12.2. The van der Waals surface area contributed by atoms with Crippen molar-refractivity contribution in [1.82, 2.24) is 4.98 Å². The quantitative estimate of drug-likeness (QED) is 0.772. The number of carbonyl (C=O) groups is 1. The van der Waals surface area contributed by atoms with Gasteiger partial charge in [0.15, 0.2) is 5.78 Å². The van der Waals surface area contributed by atoms with Crippen LogP contribution in [0.3, 0.4) is 0 Å². The number of hydrogen-bond acceptors (Lipinski definition) is 4. The van der Waals surface area contributed by atoms with Crippen LogP contribution >= 0.6 is 0 Å². The molecule has 98 valence electrons. The van der Waals surface area contributed by atoms with Gasteiger partial charge in [-0.1, -0.05) is 6.07 Å². The summed E-state index contributed by atoms with van der Waals surface area (Å²) in [6.07, 6.45) is 1.94. The molecule has 0 saturated heterocycles. The minimum Gasteiger partial charge on any atom is -0.497 e. The zero-order valence-electron chi connectivity index (χ0n) is 10.9. The predicted molar refractivity (Wildman–Crippen MR) is 71.8 cm³/mol. The van der Waals surface area contributed by atoms with Gasteiger partial charge in [0, 0.05) is 23.5 Å². The summed E-state index contributed by atoms with van der Waals surface area (Å²) in [5.41, 5.74) is 1.30. The van der Waals surface area contributed by atoms with Crippen molar-refractivity contribution < 1.29 is 14.3 Å². The molecule has 0 amide bonds. The topological polar surface area (TPSA) is 48.4 Å². The number of rotatable bonds is 5. The fraction of sp³-hybridized carbons (Fsp3) is 0.200. The van der Waals surface area contributed by atoms with Crippen molar-refractivity contribution in [2.75, 3.05) is 14.2 Å². The van der Waals surface area contributed by atoms with E-state index in [0.29, 0.717) is 17.1 Å². The zero-order chi connectivity index (χ0) is 13.7. The number of ether oxygens (including phenoxy) is 2. The van der Waals surface area contributed by atoms with E-state index in [4.69, 9.17) is 9.47 Å². The molecule has 1 aromatic carbocycles. The van der Waals surface area contributed by atoms with Crippen LogP contribution in [-0.2, 0) is 6.42 Å². The average Bonchev–Trinajstić information content (AvgIpc) is 2.47. The SMILES string of the molecule is COc1cc(OC)cc(C(=O)Cc2ccccn2)c1. The molecule has 0 bridgehead atoms. The molecule has 0 spiro atoms. The monoisotopic (exact) mass is 257 g/mol. The number of methoxy groups -OCH3 is 2. The lowest BCUT2D eigenvalue weighted by molar-refractivity contribution is 0.0991. The third-order valence-electron chi connectivity index (χ3n) is 2.74. The Morgan fingerprint density at radius 3 is 2.32 bits per heavy atom. The maximum atomic E-state index is 12.2. The van der Waals surface area contributed by atoms with E-state index in [1.54, 1.807) is 38.6 Å². The van der Waals surface area contributed by atoms with E-state index in [9.17, 15) is 4.79 Å². The standard InChI is InChI=1S/C15H15NO3/c1-18-13-7-11(8-14(10-13)19-2)15(17)9-12-5-3-4-6-16-12/h3-8,10H,9H2,1-2H3. The maximum Gasteiger partial charge on any atom is 0.169 e. The van der Waals surface area contributed by atoms with E-state index in [-0.39, 0.29) is 12.2 Å². The van der Waals surface area contributed by atoms with E-state index in [2.05, 4.69) is 4.98 Å².